The Morgan fingerprint density at radius 1 is 1.20 bits per heavy atom. The van der Waals surface area contributed by atoms with Gasteiger partial charge < -0.3 is 9.40 Å². The minimum absolute atomic E-state index is 0.00461. The second-order valence-corrected chi connectivity index (χ2v) is 5.11. The Morgan fingerprint density at radius 2 is 1.90 bits per heavy atom. The lowest BCUT2D eigenvalue weighted by Crippen LogP contribution is -2.26. The van der Waals surface area contributed by atoms with E-state index in [0.29, 0.717) is 17.0 Å². The van der Waals surface area contributed by atoms with E-state index >= 15 is 0 Å². The van der Waals surface area contributed by atoms with Gasteiger partial charge in [-0.1, -0.05) is 13.8 Å². The number of ketones is 2. The number of aromatic nitrogens is 2. The van der Waals surface area contributed by atoms with Gasteiger partial charge in [-0.2, -0.15) is 0 Å². The van der Waals surface area contributed by atoms with Gasteiger partial charge in [0.05, 0.1) is 5.56 Å². The van der Waals surface area contributed by atoms with Gasteiger partial charge >= 0.3 is 0 Å². The van der Waals surface area contributed by atoms with E-state index in [1.54, 1.807) is 6.92 Å². The van der Waals surface area contributed by atoms with Crippen LogP contribution in [0.1, 0.15) is 52.2 Å². The number of nitrogens with zero attached hydrogens (tertiary/aromatic N) is 1. The Kier molecular flexibility index (Phi) is 2.50. The van der Waals surface area contributed by atoms with Crippen LogP contribution in [-0.2, 0) is 0 Å². The molecule has 0 saturated heterocycles. The molecule has 2 heterocycles. The number of aryl methyl sites for hydroxylation is 1. The highest BCUT2D eigenvalue weighted by atomic mass is 16.4. The number of carbonyl (C=O) groups is 2. The van der Waals surface area contributed by atoms with Crippen LogP contribution in [0.4, 0.5) is 0 Å². The average Bonchev–Trinajstić information content (AvgIpc) is 2.80. The summed E-state index contributed by atoms with van der Waals surface area (Å²) in [6, 6.07) is 1.36. The Labute approximate surface area is 113 Å². The van der Waals surface area contributed by atoms with E-state index in [9.17, 15) is 14.4 Å². The Hall–Kier alpha value is -2.50. The van der Waals surface area contributed by atoms with Gasteiger partial charge in [0, 0.05) is 12.0 Å². The van der Waals surface area contributed by atoms with Crippen molar-refractivity contribution < 1.29 is 14.0 Å². The number of hydrogen-bond donors (Lipinski definition) is 1. The lowest BCUT2D eigenvalue weighted by Gasteiger charge is -2.13. The number of nitrogens with one attached hydrogen (secondary N) is 1. The molecule has 1 aliphatic carbocycles. The highest BCUT2D eigenvalue weighted by Crippen LogP contribution is 2.35. The minimum Gasteiger partial charge on any atom is -0.440 e. The number of carbonyl (C=O) groups excluding carboxylic acids is 2. The van der Waals surface area contributed by atoms with Crippen molar-refractivity contribution in [2.24, 2.45) is 0 Å². The summed E-state index contributed by atoms with van der Waals surface area (Å²) in [6.07, 6.45) is 0. The molecule has 1 N–H and O–H groups in total. The van der Waals surface area contributed by atoms with Crippen LogP contribution in [0.25, 0.3) is 11.3 Å². The molecule has 0 amide bonds. The van der Waals surface area contributed by atoms with E-state index in [1.165, 1.54) is 6.07 Å². The standard InChI is InChI=1S/C14H12N2O4/c1-5(2)14-16-10-12(19)11(18)9-8(13(10)20-14)6(3)4-7(17)15-9/h4-5H,1-3H3,(H,15,17). The average molecular weight is 272 g/mol. The zero-order valence-corrected chi connectivity index (χ0v) is 11.2. The summed E-state index contributed by atoms with van der Waals surface area (Å²) in [4.78, 5) is 42.1. The molecular formula is C14H12N2O4. The molecule has 0 bridgehead atoms. The largest absolute Gasteiger partial charge is 0.440 e. The molecule has 2 aromatic heterocycles. The van der Waals surface area contributed by atoms with E-state index < -0.39 is 17.1 Å². The predicted octanol–water partition coefficient (Wildman–Crippen LogP) is 1.84. The smallest absolute Gasteiger partial charge is 0.257 e. The predicted molar refractivity (Wildman–Crippen MR) is 70.0 cm³/mol. The summed E-state index contributed by atoms with van der Waals surface area (Å²) < 4.78 is 5.63. The molecule has 0 aromatic carbocycles. The molecule has 0 spiro atoms. The molecule has 2 aromatic rings. The van der Waals surface area contributed by atoms with Gasteiger partial charge in [-0.25, -0.2) is 4.98 Å². The van der Waals surface area contributed by atoms with E-state index in [4.69, 9.17) is 4.42 Å². The Balaban J connectivity index is 2.39. The maximum Gasteiger partial charge on any atom is 0.257 e. The summed E-state index contributed by atoms with van der Waals surface area (Å²) in [5, 5.41) is 0. The number of rotatable bonds is 1. The second kappa shape index (κ2) is 4.00. The van der Waals surface area contributed by atoms with Crippen molar-refractivity contribution in [1.82, 2.24) is 9.97 Å². The molecule has 0 unspecified atom stereocenters. The highest BCUT2D eigenvalue weighted by Gasteiger charge is 2.37. The van der Waals surface area contributed by atoms with E-state index in [2.05, 4.69) is 9.97 Å². The summed E-state index contributed by atoms with van der Waals surface area (Å²) in [7, 11) is 0. The number of H-pyrrole nitrogens is 1. The zero-order chi connectivity index (χ0) is 14.6. The van der Waals surface area contributed by atoms with Crippen LogP contribution in [0.5, 0.6) is 0 Å². The molecule has 0 aliphatic heterocycles. The third kappa shape index (κ3) is 1.57. The van der Waals surface area contributed by atoms with Gasteiger partial charge in [0.2, 0.25) is 5.56 Å². The maximum absolute atomic E-state index is 12.1. The maximum atomic E-state index is 12.1. The highest BCUT2D eigenvalue weighted by molar-refractivity contribution is 6.51. The lowest BCUT2D eigenvalue weighted by molar-refractivity contribution is 0.0809. The third-order valence-corrected chi connectivity index (χ3v) is 3.25. The molecule has 0 atom stereocenters. The van der Waals surface area contributed by atoms with Crippen molar-refractivity contribution in [2.75, 3.05) is 0 Å². The molecule has 6 nitrogen and oxygen atoms in total. The Morgan fingerprint density at radius 3 is 2.55 bits per heavy atom. The molecule has 102 valence electrons. The molecule has 3 rings (SSSR count). The SMILES string of the molecule is Cc1cc(=O)[nH]c2c1-c1oc(C(C)C)nc1C(=O)C2=O. The molecular weight excluding hydrogens is 260 g/mol. The van der Waals surface area contributed by atoms with E-state index in [1.807, 2.05) is 13.8 Å². The normalized spacial score (nSPS) is 13.6. The topological polar surface area (TPSA) is 93.0 Å². The van der Waals surface area contributed by atoms with Gasteiger partial charge in [0.15, 0.2) is 17.3 Å². The fourth-order valence-electron chi connectivity index (χ4n) is 2.28. The first kappa shape index (κ1) is 12.5. The van der Waals surface area contributed by atoms with Crippen molar-refractivity contribution in [1.29, 1.82) is 0 Å². The number of hydrogen-bond acceptors (Lipinski definition) is 5. The van der Waals surface area contributed by atoms with Crippen molar-refractivity contribution in [3.8, 4) is 11.3 Å². The first-order valence-corrected chi connectivity index (χ1v) is 6.24. The Bertz CT molecular complexity index is 811. The molecule has 6 heteroatoms. The fraction of sp³-hybridized carbons (Fsp3) is 0.286. The molecule has 0 radical (unpaired) electrons. The van der Waals surface area contributed by atoms with Crippen LogP contribution < -0.4 is 5.56 Å². The van der Waals surface area contributed by atoms with E-state index in [-0.39, 0.29) is 23.1 Å². The lowest BCUT2D eigenvalue weighted by atomic mass is 9.92. The number of fused-ring (bicyclic) bond motifs is 3. The van der Waals surface area contributed by atoms with Crippen molar-refractivity contribution in [3.63, 3.8) is 0 Å². The summed E-state index contributed by atoms with van der Waals surface area (Å²) >= 11 is 0. The van der Waals surface area contributed by atoms with E-state index in [0.717, 1.165) is 0 Å². The first-order valence-electron chi connectivity index (χ1n) is 6.24. The van der Waals surface area contributed by atoms with Gasteiger partial charge in [-0.15, -0.1) is 0 Å². The molecule has 20 heavy (non-hydrogen) atoms. The van der Waals surface area contributed by atoms with Crippen molar-refractivity contribution >= 4 is 11.6 Å². The van der Waals surface area contributed by atoms with Crippen molar-refractivity contribution in [2.45, 2.75) is 26.7 Å². The summed E-state index contributed by atoms with van der Waals surface area (Å²) in [5.41, 5.74) is 0.621. The fourth-order valence-corrected chi connectivity index (χ4v) is 2.28. The van der Waals surface area contributed by atoms with Gasteiger partial charge in [-0.05, 0) is 12.5 Å². The minimum atomic E-state index is -0.753. The second-order valence-electron chi connectivity index (χ2n) is 5.11. The van der Waals surface area contributed by atoms with Crippen LogP contribution in [0.3, 0.4) is 0 Å². The molecule has 1 aliphatic rings. The summed E-state index contributed by atoms with van der Waals surface area (Å²) in [5.74, 6) is -0.840. The third-order valence-electron chi connectivity index (χ3n) is 3.25. The number of pyridine rings is 1. The molecule has 0 fully saturated rings. The van der Waals surface area contributed by atoms with Crippen LogP contribution in [0, 0.1) is 6.92 Å². The number of aromatic amines is 1. The zero-order valence-electron chi connectivity index (χ0n) is 11.2. The number of oxazole rings is 1. The first-order chi connectivity index (χ1) is 9.40. The monoisotopic (exact) mass is 272 g/mol. The molecule has 0 saturated carbocycles. The summed E-state index contributed by atoms with van der Waals surface area (Å²) in [6.45, 7) is 5.45. The van der Waals surface area contributed by atoms with Crippen LogP contribution in [0.15, 0.2) is 15.3 Å². The van der Waals surface area contributed by atoms with Crippen molar-refractivity contribution in [3.05, 3.63) is 39.3 Å². The quantitative estimate of drug-likeness (QED) is 0.799. The van der Waals surface area contributed by atoms with Gasteiger partial charge in [-0.3, -0.25) is 14.4 Å². The number of Topliss-reactive ketones (excluding diaryl/α,β-unsaturated/α-hetero) is 2. The van der Waals surface area contributed by atoms with Gasteiger partial charge in [0.25, 0.3) is 11.6 Å². The van der Waals surface area contributed by atoms with Crippen LogP contribution in [0.2, 0.25) is 0 Å². The van der Waals surface area contributed by atoms with Crippen LogP contribution >= 0.6 is 0 Å². The van der Waals surface area contributed by atoms with Crippen LogP contribution in [-0.4, -0.2) is 21.5 Å². The van der Waals surface area contributed by atoms with Gasteiger partial charge in [0.1, 0.15) is 5.69 Å².